The van der Waals surface area contributed by atoms with Gasteiger partial charge in [-0.1, -0.05) is 30.3 Å². The van der Waals surface area contributed by atoms with E-state index in [2.05, 4.69) is 10.1 Å². The highest BCUT2D eigenvalue weighted by Gasteiger charge is 2.13. The number of oxime groups is 1. The number of benzene rings is 1. The van der Waals surface area contributed by atoms with Crippen LogP contribution in [0, 0.1) is 0 Å². The third-order valence-corrected chi connectivity index (χ3v) is 2.91. The molecule has 100 valence electrons. The number of nitrogens with zero attached hydrogens (tertiary/aromatic N) is 2. The minimum absolute atomic E-state index is 0.136. The molecule has 19 heavy (non-hydrogen) atoms. The first-order chi connectivity index (χ1) is 9.24. The first-order valence-corrected chi connectivity index (χ1v) is 6.21. The van der Waals surface area contributed by atoms with Crippen molar-refractivity contribution in [1.29, 1.82) is 0 Å². The molecule has 1 atom stereocenters. The van der Waals surface area contributed by atoms with Crippen molar-refractivity contribution in [3.63, 3.8) is 0 Å². The first-order valence-electron chi connectivity index (χ1n) is 6.21. The Labute approximate surface area is 111 Å². The van der Waals surface area contributed by atoms with E-state index in [1.807, 2.05) is 37.3 Å². The van der Waals surface area contributed by atoms with E-state index < -0.39 is 0 Å². The van der Waals surface area contributed by atoms with Gasteiger partial charge in [-0.3, -0.25) is 4.98 Å². The second kappa shape index (κ2) is 6.04. The minimum Gasteiger partial charge on any atom is -0.488 e. The third kappa shape index (κ3) is 3.13. The Kier molecular flexibility index (Phi) is 4.18. The number of nitrogens with two attached hydrogens (primary N) is 1. The molecule has 1 heterocycles. The summed E-state index contributed by atoms with van der Waals surface area (Å²) in [5.41, 5.74) is 6.34. The van der Waals surface area contributed by atoms with Crippen molar-refractivity contribution >= 4 is 16.7 Å². The molecule has 0 radical (unpaired) electrons. The van der Waals surface area contributed by atoms with Crippen LogP contribution in [0.25, 0.3) is 10.9 Å². The maximum absolute atomic E-state index is 8.61. The van der Waals surface area contributed by atoms with E-state index in [-0.39, 0.29) is 11.9 Å². The Morgan fingerprint density at radius 2 is 2.21 bits per heavy atom. The van der Waals surface area contributed by atoms with Crippen LogP contribution < -0.4 is 10.5 Å². The summed E-state index contributed by atoms with van der Waals surface area (Å²) in [6.07, 6.45) is 2.75. The molecule has 0 fully saturated rings. The third-order valence-electron chi connectivity index (χ3n) is 2.91. The first kappa shape index (κ1) is 13.1. The van der Waals surface area contributed by atoms with Crippen LogP contribution in [0.15, 0.2) is 41.7 Å². The van der Waals surface area contributed by atoms with Crippen LogP contribution >= 0.6 is 0 Å². The van der Waals surface area contributed by atoms with E-state index in [0.29, 0.717) is 6.42 Å². The Morgan fingerprint density at radius 1 is 1.42 bits per heavy atom. The van der Waals surface area contributed by atoms with Gasteiger partial charge >= 0.3 is 0 Å². The van der Waals surface area contributed by atoms with Gasteiger partial charge in [0.05, 0.1) is 0 Å². The normalized spacial score (nSPS) is 13.4. The second-order valence-corrected chi connectivity index (χ2v) is 4.27. The zero-order chi connectivity index (χ0) is 13.7. The van der Waals surface area contributed by atoms with Gasteiger partial charge in [-0.15, -0.1) is 0 Å². The van der Waals surface area contributed by atoms with Crippen molar-refractivity contribution in [2.24, 2.45) is 10.9 Å². The van der Waals surface area contributed by atoms with Crippen molar-refractivity contribution in [3.8, 4) is 5.75 Å². The topological polar surface area (TPSA) is 80.7 Å². The van der Waals surface area contributed by atoms with E-state index in [0.717, 1.165) is 23.1 Å². The van der Waals surface area contributed by atoms with Gasteiger partial charge in [-0.2, -0.15) is 0 Å². The molecule has 1 aromatic heterocycles. The lowest BCUT2D eigenvalue weighted by molar-refractivity contribution is 0.204. The highest BCUT2D eigenvalue weighted by molar-refractivity contribution is 5.84. The fourth-order valence-electron chi connectivity index (χ4n) is 1.89. The zero-order valence-corrected chi connectivity index (χ0v) is 10.8. The molecule has 3 N–H and O–H groups in total. The maximum atomic E-state index is 8.61. The molecule has 0 aliphatic carbocycles. The SMILES string of the molecule is CCC(C/C(N)=N/O)Oc1cccc2cccnc12. The quantitative estimate of drug-likeness (QED) is 0.374. The molecule has 2 rings (SSSR count). The summed E-state index contributed by atoms with van der Waals surface area (Å²) in [7, 11) is 0. The highest BCUT2D eigenvalue weighted by Crippen LogP contribution is 2.25. The average Bonchev–Trinajstić information content (AvgIpc) is 2.46. The fourth-order valence-corrected chi connectivity index (χ4v) is 1.89. The van der Waals surface area contributed by atoms with Crippen LogP contribution in [0.1, 0.15) is 19.8 Å². The number of ether oxygens (including phenoxy) is 1. The molecule has 0 saturated heterocycles. The molecule has 0 aliphatic heterocycles. The van der Waals surface area contributed by atoms with E-state index in [1.54, 1.807) is 6.20 Å². The van der Waals surface area contributed by atoms with E-state index >= 15 is 0 Å². The van der Waals surface area contributed by atoms with Gasteiger partial charge in [0.25, 0.3) is 0 Å². The molecule has 2 aromatic rings. The molecule has 0 bridgehead atoms. The van der Waals surface area contributed by atoms with Crippen LogP contribution in [0.3, 0.4) is 0 Å². The summed E-state index contributed by atoms with van der Waals surface area (Å²) in [6, 6.07) is 9.67. The molecule has 0 aliphatic rings. The smallest absolute Gasteiger partial charge is 0.145 e. The molecule has 0 spiro atoms. The summed E-state index contributed by atoms with van der Waals surface area (Å²) in [5.74, 6) is 0.885. The van der Waals surface area contributed by atoms with Gasteiger partial charge in [0.15, 0.2) is 0 Å². The number of hydrogen-bond donors (Lipinski definition) is 2. The summed E-state index contributed by atoms with van der Waals surface area (Å²) < 4.78 is 5.91. The van der Waals surface area contributed by atoms with Crippen LogP contribution in [0.2, 0.25) is 0 Å². The van der Waals surface area contributed by atoms with Crippen LogP contribution in [0.5, 0.6) is 5.75 Å². The van der Waals surface area contributed by atoms with E-state index in [1.165, 1.54) is 0 Å². The van der Waals surface area contributed by atoms with Crippen LogP contribution in [0.4, 0.5) is 0 Å². The van der Waals surface area contributed by atoms with Crippen molar-refractivity contribution in [3.05, 3.63) is 36.5 Å². The number of pyridine rings is 1. The predicted molar refractivity (Wildman–Crippen MR) is 74.5 cm³/mol. The lowest BCUT2D eigenvalue weighted by Gasteiger charge is -2.17. The van der Waals surface area contributed by atoms with Gasteiger partial charge in [0, 0.05) is 18.0 Å². The Hall–Kier alpha value is -2.30. The Morgan fingerprint density at radius 3 is 2.95 bits per heavy atom. The maximum Gasteiger partial charge on any atom is 0.145 e. The summed E-state index contributed by atoms with van der Waals surface area (Å²) in [4.78, 5) is 4.33. The lowest BCUT2D eigenvalue weighted by Crippen LogP contribution is -2.24. The van der Waals surface area contributed by atoms with Crippen molar-refractivity contribution in [2.45, 2.75) is 25.9 Å². The van der Waals surface area contributed by atoms with Gasteiger partial charge in [0.1, 0.15) is 23.2 Å². The molecular weight excluding hydrogens is 242 g/mol. The number of hydrogen-bond acceptors (Lipinski definition) is 4. The van der Waals surface area contributed by atoms with Gasteiger partial charge in [-0.05, 0) is 18.6 Å². The van der Waals surface area contributed by atoms with E-state index in [4.69, 9.17) is 15.7 Å². The number of fused-ring (bicyclic) bond motifs is 1. The molecule has 0 amide bonds. The molecular formula is C14H17N3O2. The van der Waals surface area contributed by atoms with Crippen molar-refractivity contribution < 1.29 is 9.94 Å². The van der Waals surface area contributed by atoms with Gasteiger partial charge in [0.2, 0.25) is 0 Å². The molecule has 5 heteroatoms. The molecule has 1 aromatic carbocycles. The number of amidine groups is 1. The molecule has 5 nitrogen and oxygen atoms in total. The largest absolute Gasteiger partial charge is 0.488 e. The highest BCUT2D eigenvalue weighted by atomic mass is 16.5. The average molecular weight is 259 g/mol. The fraction of sp³-hybridized carbons (Fsp3) is 0.286. The van der Waals surface area contributed by atoms with Crippen LogP contribution in [-0.2, 0) is 0 Å². The number of aromatic nitrogens is 1. The predicted octanol–water partition coefficient (Wildman–Crippen LogP) is 2.53. The van der Waals surface area contributed by atoms with Crippen molar-refractivity contribution in [2.75, 3.05) is 0 Å². The number of para-hydroxylation sites is 1. The second-order valence-electron chi connectivity index (χ2n) is 4.27. The van der Waals surface area contributed by atoms with Gasteiger partial charge < -0.3 is 15.7 Å². The van der Waals surface area contributed by atoms with Crippen LogP contribution in [-0.4, -0.2) is 22.1 Å². The molecule has 0 saturated carbocycles. The monoisotopic (exact) mass is 259 g/mol. The molecule has 1 unspecified atom stereocenters. The van der Waals surface area contributed by atoms with Gasteiger partial charge in [-0.25, -0.2) is 0 Å². The summed E-state index contributed by atoms with van der Waals surface area (Å²) in [5, 5.41) is 12.6. The Balaban J connectivity index is 2.24. The zero-order valence-electron chi connectivity index (χ0n) is 10.8. The van der Waals surface area contributed by atoms with E-state index in [9.17, 15) is 0 Å². The Bertz CT molecular complexity index is 578. The summed E-state index contributed by atoms with van der Waals surface area (Å²) in [6.45, 7) is 1.99. The minimum atomic E-state index is -0.136. The lowest BCUT2D eigenvalue weighted by atomic mass is 10.1. The van der Waals surface area contributed by atoms with Crippen molar-refractivity contribution in [1.82, 2.24) is 4.98 Å². The standard InChI is InChI=1S/C14H17N3O2/c1-2-11(9-13(15)17-18)19-12-7-3-5-10-6-4-8-16-14(10)12/h3-8,11,18H,2,9H2,1H3,(H2,15,17). The summed E-state index contributed by atoms with van der Waals surface area (Å²) >= 11 is 0. The number of rotatable bonds is 5.